The fourth-order valence-corrected chi connectivity index (χ4v) is 2.00. The molecule has 5 heteroatoms. The third kappa shape index (κ3) is 3.37. The maximum atomic E-state index is 13.1. The van der Waals surface area contributed by atoms with E-state index in [4.69, 9.17) is 11.0 Å². The Bertz CT molecular complexity index is 735. The second-order valence-corrected chi connectivity index (χ2v) is 4.66. The van der Waals surface area contributed by atoms with Crippen LogP contribution in [0, 0.1) is 24.1 Å². The smallest absolute Gasteiger partial charge is 0.248 e. The molecule has 21 heavy (non-hydrogen) atoms. The van der Waals surface area contributed by atoms with Gasteiger partial charge < -0.3 is 11.1 Å². The van der Waals surface area contributed by atoms with Gasteiger partial charge in [-0.05, 0) is 48.4 Å². The minimum absolute atomic E-state index is 0.251. The summed E-state index contributed by atoms with van der Waals surface area (Å²) < 4.78 is 13.1. The molecule has 0 atom stereocenters. The van der Waals surface area contributed by atoms with E-state index in [1.54, 1.807) is 18.2 Å². The highest BCUT2D eigenvalue weighted by atomic mass is 19.1. The number of primary amides is 1. The van der Waals surface area contributed by atoms with E-state index in [2.05, 4.69) is 5.32 Å². The topological polar surface area (TPSA) is 78.9 Å². The summed E-state index contributed by atoms with van der Waals surface area (Å²) in [7, 11) is 0. The van der Waals surface area contributed by atoms with Gasteiger partial charge in [-0.1, -0.05) is 6.07 Å². The number of nitriles is 1. The van der Waals surface area contributed by atoms with E-state index in [0.717, 1.165) is 11.1 Å². The Hall–Kier alpha value is -2.87. The van der Waals surface area contributed by atoms with E-state index in [9.17, 15) is 9.18 Å². The van der Waals surface area contributed by atoms with Crippen molar-refractivity contribution in [1.29, 1.82) is 5.26 Å². The molecule has 0 bridgehead atoms. The van der Waals surface area contributed by atoms with Crippen LogP contribution in [0.4, 0.5) is 10.1 Å². The standard InChI is InChI=1S/C16H14FN3O/c1-10-6-11(16(19)21)2-3-12(10)9-20-15-5-4-14(17)7-13(15)8-18/h2-7,20H,9H2,1H3,(H2,19,21). The SMILES string of the molecule is Cc1cc(C(N)=O)ccc1CNc1ccc(F)cc1C#N. The summed E-state index contributed by atoms with van der Waals surface area (Å²) in [5, 5.41) is 12.1. The van der Waals surface area contributed by atoms with Crippen LogP contribution in [0.15, 0.2) is 36.4 Å². The summed E-state index contributed by atoms with van der Waals surface area (Å²) in [6.45, 7) is 2.34. The van der Waals surface area contributed by atoms with Gasteiger partial charge >= 0.3 is 0 Å². The first-order chi connectivity index (χ1) is 10.0. The van der Waals surface area contributed by atoms with Crippen LogP contribution in [0.1, 0.15) is 27.0 Å². The number of nitrogens with two attached hydrogens (primary N) is 1. The zero-order chi connectivity index (χ0) is 15.4. The maximum absolute atomic E-state index is 13.1. The Balaban J connectivity index is 2.17. The lowest BCUT2D eigenvalue weighted by atomic mass is 10.0. The second kappa shape index (κ2) is 6.06. The van der Waals surface area contributed by atoms with Crippen molar-refractivity contribution in [2.45, 2.75) is 13.5 Å². The van der Waals surface area contributed by atoms with Crippen LogP contribution in [0.2, 0.25) is 0 Å². The third-order valence-corrected chi connectivity index (χ3v) is 3.20. The molecule has 0 aliphatic carbocycles. The number of carbonyl (C=O) groups excluding carboxylic acids is 1. The van der Waals surface area contributed by atoms with Gasteiger partial charge in [0.15, 0.2) is 0 Å². The first-order valence-electron chi connectivity index (χ1n) is 6.34. The lowest BCUT2D eigenvalue weighted by molar-refractivity contribution is 0.1000. The highest BCUT2D eigenvalue weighted by Crippen LogP contribution is 2.18. The molecule has 2 aromatic carbocycles. The van der Waals surface area contributed by atoms with Crippen LogP contribution in [0.25, 0.3) is 0 Å². The predicted octanol–water partition coefficient (Wildman–Crippen LogP) is 2.72. The molecule has 0 unspecified atom stereocenters. The number of nitrogens with zero attached hydrogens (tertiary/aromatic N) is 1. The van der Waals surface area contributed by atoms with Gasteiger partial charge in [-0.2, -0.15) is 5.26 Å². The van der Waals surface area contributed by atoms with Crippen LogP contribution < -0.4 is 11.1 Å². The summed E-state index contributed by atoms with van der Waals surface area (Å²) in [6.07, 6.45) is 0. The van der Waals surface area contributed by atoms with E-state index in [1.807, 2.05) is 13.0 Å². The Kier molecular flexibility index (Phi) is 4.19. The number of hydrogen-bond acceptors (Lipinski definition) is 3. The first-order valence-corrected chi connectivity index (χ1v) is 6.34. The minimum atomic E-state index is -0.470. The highest BCUT2D eigenvalue weighted by Gasteiger charge is 2.06. The number of carbonyl (C=O) groups is 1. The van der Waals surface area contributed by atoms with Crippen molar-refractivity contribution in [2.24, 2.45) is 5.73 Å². The molecule has 0 radical (unpaired) electrons. The molecular formula is C16H14FN3O. The van der Waals surface area contributed by atoms with Crippen molar-refractivity contribution in [3.8, 4) is 6.07 Å². The van der Waals surface area contributed by atoms with Crippen molar-refractivity contribution < 1.29 is 9.18 Å². The average molecular weight is 283 g/mol. The van der Waals surface area contributed by atoms with E-state index < -0.39 is 11.7 Å². The molecule has 0 aromatic heterocycles. The first kappa shape index (κ1) is 14.5. The number of nitrogens with one attached hydrogen (secondary N) is 1. The molecule has 0 aliphatic heterocycles. The molecule has 106 valence electrons. The van der Waals surface area contributed by atoms with Gasteiger partial charge in [-0.3, -0.25) is 4.79 Å². The third-order valence-electron chi connectivity index (χ3n) is 3.20. The lowest BCUT2D eigenvalue weighted by Crippen LogP contribution is -2.12. The molecule has 1 amide bonds. The molecule has 0 heterocycles. The van der Waals surface area contributed by atoms with Gasteiger partial charge in [0.2, 0.25) is 5.91 Å². The Labute approximate surface area is 122 Å². The number of hydrogen-bond donors (Lipinski definition) is 2. The van der Waals surface area contributed by atoms with Gasteiger partial charge in [-0.15, -0.1) is 0 Å². The van der Waals surface area contributed by atoms with Gasteiger partial charge in [0.25, 0.3) is 0 Å². The van der Waals surface area contributed by atoms with Crippen LogP contribution in [0.3, 0.4) is 0 Å². The summed E-state index contributed by atoms with van der Waals surface area (Å²) >= 11 is 0. The molecule has 3 N–H and O–H groups in total. The van der Waals surface area contributed by atoms with Crippen LogP contribution in [0.5, 0.6) is 0 Å². The molecule has 0 spiro atoms. The molecule has 0 saturated heterocycles. The number of amides is 1. The number of benzene rings is 2. The summed E-state index contributed by atoms with van der Waals surface area (Å²) in [5.41, 5.74) is 8.38. The Morgan fingerprint density at radius 3 is 2.71 bits per heavy atom. The van der Waals surface area contributed by atoms with Gasteiger partial charge in [-0.25, -0.2) is 4.39 Å². The van der Waals surface area contributed by atoms with E-state index >= 15 is 0 Å². The van der Waals surface area contributed by atoms with Crippen LogP contribution in [-0.4, -0.2) is 5.91 Å². The zero-order valence-corrected chi connectivity index (χ0v) is 11.5. The number of rotatable bonds is 4. The maximum Gasteiger partial charge on any atom is 0.248 e. The second-order valence-electron chi connectivity index (χ2n) is 4.66. The van der Waals surface area contributed by atoms with Gasteiger partial charge in [0, 0.05) is 12.1 Å². The molecule has 4 nitrogen and oxygen atoms in total. The number of halogens is 1. The van der Waals surface area contributed by atoms with Crippen molar-refractivity contribution >= 4 is 11.6 Å². The minimum Gasteiger partial charge on any atom is -0.380 e. The monoisotopic (exact) mass is 283 g/mol. The Morgan fingerprint density at radius 1 is 1.33 bits per heavy atom. The summed E-state index contributed by atoms with van der Waals surface area (Å²) in [4.78, 5) is 11.1. The van der Waals surface area contributed by atoms with E-state index in [1.165, 1.54) is 18.2 Å². The molecule has 0 fully saturated rings. The normalized spacial score (nSPS) is 9.95. The van der Waals surface area contributed by atoms with Gasteiger partial charge in [0.1, 0.15) is 11.9 Å². The lowest BCUT2D eigenvalue weighted by Gasteiger charge is -2.11. The quantitative estimate of drug-likeness (QED) is 0.905. The fourth-order valence-electron chi connectivity index (χ4n) is 2.00. The largest absolute Gasteiger partial charge is 0.380 e. The molecular weight excluding hydrogens is 269 g/mol. The Morgan fingerprint density at radius 2 is 2.10 bits per heavy atom. The van der Waals surface area contributed by atoms with Gasteiger partial charge in [0.05, 0.1) is 11.3 Å². The van der Waals surface area contributed by atoms with E-state index in [-0.39, 0.29) is 5.56 Å². The predicted molar refractivity (Wildman–Crippen MR) is 78.1 cm³/mol. The zero-order valence-electron chi connectivity index (χ0n) is 11.5. The molecule has 2 aromatic rings. The van der Waals surface area contributed by atoms with Crippen molar-refractivity contribution in [2.75, 3.05) is 5.32 Å². The number of aryl methyl sites for hydroxylation is 1. The average Bonchev–Trinajstić information content (AvgIpc) is 2.46. The van der Waals surface area contributed by atoms with Crippen molar-refractivity contribution in [1.82, 2.24) is 0 Å². The molecule has 2 rings (SSSR count). The summed E-state index contributed by atoms with van der Waals surface area (Å²) in [5.74, 6) is -0.915. The highest BCUT2D eigenvalue weighted by molar-refractivity contribution is 5.93. The van der Waals surface area contributed by atoms with Crippen molar-refractivity contribution in [3.05, 3.63) is 64.5 Å². The summed E-state index contributed by atoms with van der Waals surface area (Å²) in [6, 6.07) is 11.1. The van der Waals surface area contributed by atoms with Crippen molar-refractivity contribution in [3.63, 3.8) is 0 Å². The number of anilines is 1. The van der Waals surface area contributed by atoms with E-state index in [0.29, 0.717) is 17.8 Å². The van der Waals surface area contributed by atoms with Crippen LogP contribution >= 0.6 is 0 Å². The molecule has 0 saturated carbocycles. The van der Waals surface area contributed by atoms with Crippen LogP contribution in [-0.2, 0) is 6.54 Å². The molecule has 0 aliphatic rings. The fraction of sp³-hybridized carbons (Fsp3) is 0.125.